The highest BCUT2D eigenvalue weighted by molar-refractivity contribution is 6.30. The third-order valence-electron chi connectivity index (χ3n) is 5.07. The minimum absolute atomic E-state index is 0.0352. The van der Waals surface area contributed by atoms with E-state index in [4.69, 9.17) is 21.1 Å². The molecule has 172 valence electrons. The molecule has 3 heterocycles. The summed E-state index contributed by atoms with van der Waals surface area (Å²) < 4.78 is 24.1. The summed E-state index contributed by atoms with van der Waals surface area (Å²) >= 11 is 5.77. The number of rotatable bonds is 7. The van der Waals surface area contributed by atoms with Gasteiger partial charge in [0.25, 0.3) is 0 Å². The van der Waals surface area contributed by atoms with Crippen LogP contribution in [0.1, 0.15) is 32.6 Å². The van der Waals surface area contributed by atoms with Crippen molar-refractivity contribution in [2.45, 2.75) is 32.9 Å². The van der Waals surface area contributed by atoms with Crippen LogP contribution in [0.15, 0.2) is 42.9 Å². The van der Waals surface area contributed by atoms with E-state index in [-0.39, 0.29) is 23.0 Å². The smallest absolute Gasteiger partial charge is 0.415 e. The largest absolute Gasteiger partial charge is 0.454 e. The molecule has 4 rings (SSSR count). The molecule has 11 heteroatoms. The van der Waals surface area contributed by atoms with Gasteiger partial charge in [0.05, 0.1) is 29.5 Å². The molecule has 2 atom stereocenters. The Hall–Kier alpha value is -3.53. The maximum atomic E-state index is 13.3. The number of carbonyl (C=O) groups excluding carboxylic acids is 1. The fourth-order valence-corrected chi connectivity index (χ4v) is 3.45. The van der Waals surface area contributed by atoms with Crippen LogP contribution < -0.4 is 15.0 Å². The van der Waals surface area contributed by atoms with Gasteiger partial charge in [0, 0.05) is 12.3 Å². The molecule has 1 saturated heterocycles. The van der Waals surface area contributed by atoms with Crippen molar-refractivity contribution in [3.8, 4) is 11.5 Å². The van der Waals surface area contributed by atoms with Gasteiger partial charge in [0.1, 0.15) is 24.0 Å². The third-order valence-corrected chi connectivity index (χ3v) is 5.36. The summed E-state index contributed by atoms with van der Waals surface area (Å²) in [5.74, 6) is 1.70. The second-order valence-electron chi connectivity index (χ2n) is 7.82. The molecule has 0 aliphatic carbocycles. The molecule has 2 aromatic heterocycles. The van der Waals surface area contributed by atoms with Crippen molar-refractivity contribution in [1.29, 1.82) is 0 Å². The maximum absolute atomic E-state index is 13.3. The van der Waals surface area contributed by atoms with Crippen LogP contribution in [0.2, 0.25) is 5.02 Å². The van der Waals surface area contributed by atoms with Crippen LogP contribution in [0.3, 0.4) is 0 Å². The summed E-state index contributed by atoms with van der Waals surface area (Å²) in [4.78, 5) is 31.1. The molecular weight excluding hydrogens is 451 g/mol. The Bertz CT molecular complexity index is 1150. The molecule has 0 radical (unpaired) electrons. The number of anilines is 2. The van der Waals surface area contributed by atoms with E-state index < -0.39 is 11.9 Å². The van der Waals surface area contributed by atoms with E-state index >= 15 is 0 Å². The Morgan fingerprint density at radius 1 is 1.18 bits per heavy atom. The molecule has 0 unspecified atom stereocenters. The molecule has 0 spiro atoms. The summed E-state index contributed by atoms with van der Waals surface area (Å²) in [6.07, 6.45) is 4.16. The Kier molecular flexibility index (Phi) is 6.55. The van der Waals surface area contributed by atoms with Gasteiger partial charge >= 0.3 is 6.09 Å². The summed E-state index contributed by atoms with van der Waals surface area (Å²) in [6, 6.07) is 5.30. The van der Waals surface area contributed by atoms with E-state index in [9.17, 15) is 9.18 Å². The number of amides is 1. The summed E-state index contributed by atoms with van der Waals surface area (Å²) in [5, 5.41) is 3.10. The number of hydrogen-bond donors (Lipinski definition) is 1. The first kappa shape index (κ1) is 22.7. The van der Waals surface area contributed by atoms with Crippen LogP contribution in [-0.2, 0) is 4.74 Å². The van der Waals surface area contributed by atoms with Gasteiger partial charge in [-0.05, 0) is 31.0 Å². The topological polar surface area (TPSA) is 102 Å². The van der Waals surface area contributed by atoms with Gasteiger partial charge in [-0.1, -0.05) is 25.4 Å². The average molecular weight is 473 g/mol. The number of cyclic esters (lactones) is 1. The van der Waals surface area contributed by atoms with Crippen molar-refractivity contribution in [3.05, 3.63) is 59.5 Å². The number of aromatic nitrogens is 4. The molecule has 33 heavy (non-hydrogen) atoms. The highest BCUT2D eigenvalue weighted by atomic mass is 35.5. The van der Waals surface area contributed by atoms with E-state index in [1.165, 1.54) is 30.6 Å². The lowest BCUT2D eigenvalue weighted by Gasteiger charge is -2.23. The van der Waals surface area contributed by atoms with Gasteiger partial charge in [0.2, 0.25) is 5.95 Å². The molecule has 1 fully saturated rings. The lowest BCUT2D eigenvalue weighted by atomic mass is 10.0. The van der Waals surface area contributed by atoms with Gasteiger partial charge in [-0.2, -0.15) is 4.98 Å². The number of carbonyl (C=O) groups is 1. The van der Waals surface area contributed by atoms with E-state index in [1.54, 1.807) is 17.2 Å². The van der Waals surface area contributed by atoms with Crippen LogP contribution in [0.5, 0.6) is 11.5 Å². The van der Waals surface area contributed by atoms with Crippen LogP contribution in [0.25, 0.3) is 0 Å². The predicted octanol–water partition coefficient (Wildman–Crippen LogP) is 5.01. The van der Waals surface area contributed by atoms with Gasteiger partial charge in [-0.15, -0.1) is 0 Å². The van der Waals surface area contributed by atoms with Crippen molar-refractivity contribution < 1.29 is 18.7 Å². The molecule has 9 nitrogen and oxygen atoms in total. The van der Waals surface area contributed by atoms with Crippen LogP contribution in [0.4, 0.5) is 21.0 Å². The Balaban J connectivity index is 1.44. The number of hydrogen-bond acceptors (Lipinski definition) is 8. The fraction of sp³-hybridized carbons (Fsp3) is 0.318. The fourth-order valence-electron chi connectivity index (χ4n) is 3.28. The zero-order valence-corrected chi connectivity index (χ0v) is 19.0. The summed E-state index contributed by atoms with van der Waals surface area (Å²) in [6.45, 7) is 6.23. The number of nitrogens with zero attached hydrogens (tertiary/aromatic N) is 5. The van der Waals surface area contributed by atoms with Crippen molar-refractivity contribution in [2.24, 2.45) is 5.92 Å². The minimum Gasteiger partial charge on any atom is -0.454 e. The molecule has 0 bridgehead atoms. The molecule has 1 amide bonds. The van der Waals surface area contributed by atoms with E-state index in [2.05, 4.69) is 25.3 Å². The monoisotopic (exact) mass is 472 g/mol. The molecule has 3 aromatic rings. The Morgan fingerprint density at radius 2 is 1.94 bits per heavy atom. The van der Waals surface area contributed by atoms with E-state index in [0.29, 0.717) is 35.7 Å². The molecule has 1 N–H and O–H groups in total. The standard InChI is InChI=1S/C22H22ClFN6O3/c1-12(2)18-11-32-22(31)30(18)19-6-7-25-21(29-19)28-13(3)20-26-9-15(10-27-20)33-14-4-5-17(24)16(23)8-14/h4-10,12-13,18H,11H2,1-3H3,(H,25,28,29)/t13-,18+/m0/s1. The van der Waals surface area contributed by atoms with Gasteiger partial charge in [-0.25, -0.2) is 24.1 Å². The lowest BCUT2D eigenvalue weighted by Crippen LogP contribution is -2.37. The van der Waals surface area contributed by atoms with Crippen LogP contribution in [0, 0.1) is 11.7 Å². The van der Waals surface area contributed by atoms with E-state index in [1.807, 2.05) is 20.8 Å². The normalized spacial score (nSPS) is 16.6. The SMILES string of the molecule is CC(C)[C@H]1COC(=O)N1c1ccnc(N[C@@H](C)c2ncc(Oc3ccc(F)c(Cl)c3)cn2)n1. The zero-order chi connectivity index (χ0) is 23.5. The number of benzene rings is 1. The quantitative estimate of drug-likeness (QED) is 0.512. The second-order valence-corrected chi connectivity index (χ2v) is 8.22. The van der Waals surface area contributed by atoms with Crippen LogP contribution >= 0.6 is 11.6 Å². The molecule has 1 aliphatic rings. The van der Waals surface area contributed by atoms with Crippen molar-refractivity contribution in [2.75, 3.05) is 16.8 Å². The lowest BCUT2D eigenvalue weighted by molar-refractivity contribution is 0.177. The first-order chi connectivity index (χ1) is 15.8. The molecular formula is C22H22ClFN6O3. The minimum atomic E-state index is -0.525. The maximum Gasteiger partial charge on any atom is 0.415 e. The van der Waals surface area contributed by atoms with E-state index in [0.717, 1.165) is 0 Å². The van der Waals surface area contributed by atoms with Crippen molar-refractivity contribution in [1.82, 2.24) is 19.9 Å². The third kappa shape index (κ3) is 5.11. The molecule has 0 saturated carbocycles. The second kappa shape index (κ2) is 9.53. The highest BCUT2D eigenvalue weighted by Gasteiger charge is 2.37. The average Bonchev–Trinajstić information content (AvgIpc) is 3.19. The van der Waals surface area contributed by atoms with Gasteiger partial charge in [0.15, 0.2) is 11.6 Å². The first-order valence-corrected chi connectivity index (χ1v) is 10.7. The number of nitrogens with one attached hydrogen (secondary N) is 1. The Labute approximate surface area is 195 Å². The highest BCUT2D eigenvalue weighted by Crippen LogP contribution is 2.27. The molecule has 1 aliphatic heterocycles. The summed E-state index contributed by atoms with van der Waals surface area (Å²) in [7, 11) is 0. The first-order valence-electron chi connectivity index (χ1n) is 10.3. The predicted molar refractivity (Wildman–Crippen MR) is 120 cm³/mol. The zero-order valence-electron chi connectivity index (χ0n) is 18.2. The molecule has 1 aromatic carbocycles. The van der Waals surface area contributed by atoms with Crippen molar-refractivity contribution >= 4 is 29.5 Å². The van der Waals surface area contributed by atoms with Gasteiger partial charge < -0.3 is 14.8 Å². The Morgan fingerprint density at radius 3 is 2.64 bits per heavy atom. The van der Waals surface area contributed by atoms with Crippen molar-refractivity contribution in [3.63, 3.8) is 0 Å². The van der Waals surface area contributed by atoms with Gasteiger partial charge in [-0.3, -0.25) is 4.90 Å². The number of ether oxygens (including phenoxy) is 2. The number of halogens is 2. The van der Waals surface area contributed by atoms with Crippen LogP contribution in [-0.4, -0.2) is 38.7 Å². The summed E-state index contributed by atoms with van der Waals surface area (Å²) in [5.41, 5.74) is 0.